The zero-order chi connectivity index (χ0) is 12.3. The van der Waals surface area contributed by atoms with Gasteiger partial charge in [-0.3, -0.25) is 9.69 Å². The maximum Gasteiger partial charge on any atom is 0.327 e. The van der Waals surface area contributed by atoms with Gasteiger partial charge in [0.25, 0.3) is 0 Å². The zero-order valence-electron chi connectivity index (χ0n) is 10.2. The van der Waals surface area contributed by atoms with Crippen LogP contribution < -0.4 is 0 Å². The summed E-state index contributed by atoms with van der Waals surface area (Å²) in [7, 11) is 0. The first-order valence-electron chi connectivity index (χ1n) is 6.36. The van der Waals surface area contributed by atoms with E-state index in [0.717, 1.165) is 31.5 Å². The van der Waals surface area contributed by atoms with E-state index in [-0.39, 0.29) is 0 Å². The molecule has 0 bridgehead atoms. The Bertz CT molecular complexity index is 362. The Morgan fingerprint density at radius 3 is 3.06 bits per heavy atom. The maximum atomic E-state index is 11.5. The zero-order valence-corrected chi connectivity index (χ0v) is 10.2. The molecule has 4 nitrogen and oxygen atoms in total. The lowest BCUT2D eigenvalue weighted by molar-refractivity contribution is -0.145. The Kier molecular flexibility index (Phi) is 3.84. The van der Waals surface area contributed by atoms with Crippen LogP contribution in [0.15, 0.2) is 18.3 Å². The van der Waals surface area contributed by atoms with Gasteiger partial charge in [-0.25, -0.2) is 0 Å². The molecular weight excluding hydrogens is 216 g/mol. The summed E-state index contributed by atoms with van der Waals surface area (Å²) in [5, 5.41) is 9.45. The van der Waals surface area contributed by atoms with E-state index in [1.165, 1.54) is 6.42 Å². The molecule has 0 radical (unpaired) electrons. The number of nitrogens with zero attached hydrogens (tertiary/aromatic N) is 1. The van der Waals surface area contributed by atoms with E-state index < -0.39 is 12.0 Å². The topological polar surface area (TPSA) is 56.3 Å². The molecule has 2 rings (SSSR count). The Balaban J connectivity index is 2.23. The minimum atomic E-state index is -0.757. The second-order valence-corrected chi connectivity index (χ2v) is 4.66. The third-order valence-electron chi connectivity index (χ3n) is 3.63. The molecule has 0 amide bonds. The molecule has 0 aliphatic carbocycles. The van der Waals surface area contributed by atoms with Crippen LogP contribution in [-0.4, -0.2) is 33.5 Å². The highest BCUT2D eigenvalue weighted by Crippen LogP contribution is 2.29. The van der Waals surface area contributed by atoms with Gasteiger partial charge in [-0.15, -0.1) is 0 Å². The number of hydrogen-bond acceptors (Lipinski definition) is 2. The van der Waals surface area contributed by atoms with Crippen molar-refractivity contribution in [3.05, 3.63) is 24.0 Å². The number of aliphatic carboxylic acids is 1. The van der Waals surface area contributed by atoms with Gasteiger partial charge in [0, 0.05) is 17.9 Å². The Morgan fingerprint density at radius 2 is 2.47 bits per heavy atom. The van der Waals surface area contributed by atoms with Gasteiger partial charge in [-0.05, 0) is 37.9 Å². The van der Waals surface area contributed by atoms with Gasteiger partial charge in [0.05, 0.1) is 0 Å². The number of aromatic nitrogens is 1. The van der Waals surface area contributed by atoms with Crippen LogP contribution in [0.4, 0.5) is 0 Å². The first kappa shape index (κ1) is 12.2. The van der Waals surface area contributed by atoms with Gasteiger partial charge in [-0.1, -0.05) is 13.3 Å². The first-order valence-corrected chi connectivity index (χ1v) is 6.36. The number of piperidine rings is 1. The lowest BCUT2D eigenvalue weighted by Gasteiger charge is -2.38. The highest BCUT2D eigenvalue weighted by atomic mass is 16.4. The molecule has 2 unspecified atom stereocenters. The van der Waals surface area contributed by atoms with Crippen molar-refractivity contribution in [2.24, 2.45) is 0 Å². The van der Waals surface area contributed by atoms with Crippen LogP contribution in [0.25, 0.3) is 0 Å². The molecule has 94 valence electrons. The molecule has 2 heterocycles. The molecule has 0 saturated carbocycles. The van der Waals surface area contributed by atoms with Crippen molar-refractivity contribution < 1.29 is 9.90 Å². The molecule has 4 heteroatoms. The number of likely N-dealkylation sites (tertiary alicyclic amines) is 1. The molecule has 1 aromatic heterocycles. The normalized spacial score (nSPS) is 23.5. The van der Waals surface area contributed by atoms with E-state index in [9.17, 15) is 9.90 Å². The number of hydrogen-bond donors (Lipinski definition) is 2. The average molecular weight is 236 g/mol. The van der Waals surface area contributed by atoms with Gasteiger partial charge in [0.15, 0.2) is 0 Å². The number of nitrogens with one attached hydrogen (secondary N) is 1. The number of carbonyl (C=O) groups is 1. The summed E-state index contributed by atoms with van der Waals surface area (Å²) in [6.45, 7) is 3.02. The fourth-order valence-corrected chi connectivity index (χ4v) is 2.77. The quantitative estimate of drug-likeness (QED) is 0.844. The Labute approximate surface area is 102 Å². The fraction of sp³-hybridized carbons (Fsp3) is 0.615. The predicted octanol–water partition coefficient (Wildman–Crippen LogP) is 2.40. The van der Waals surface area contributed by atoms with Crippen LogP contribution in [0.3, 0.4) is 0 Å². The smallest absolute Gasteiger partial charge is 0.327 e. The van der Waals surface area contributed by atoms with E-state index in [1.54, 1.807) is 6.20 Å². The number of H-pyrrole nitrogens is 1. The molecule has 1 aromatic rings. The van der Waals surface area contributed by atoms with E-state index in [2.05, 4.69) is 16.8 Å². The molecule has 1 fully saturated rings. The molecule has 2 atom stereocenters. The number of carboxylic acids is 1. The number of carboxylic acid groups (broad SMARTS) is 1. The molecule has 0 spiro atoms. The third kappa shape index (κ3) is 2.52. The van der Waals surface area contributed by atoms with E-state index >= 15 is 0 Å². The number of rotatable bonds is 4. The second-order valence-electron chi connectivity index (χ2n) is 4.66. The van der Waals surface area contributed by atoms with E-state index in [1.807, 2.05) is 12.1 Å². The monoisotopic (exact) mass is 236 g/mol. The molecule has 17 heavy (non-hydrogen) atoms. The highest BCUT2D eigenvalue weighted by Gasteiger charge is 2.33. The summed E-state index contributed by atoms with van der Waals surface area (Å²) < 4.78 is 0. The standard InChI is InChI=1S/C13H20N2O2/c1-2-10-6-3-4-9-15(10)12(13(16)17)11-7-5-8-14-11/h5,7-8,10,12,14H,2-4,6,9H2,1H3,(H,16,17). The van der Waals surface area contributed by atoms with Crippen LogP contribution in [0, 0.1) is 0 Å². The van der Waals surface area contributed by atoms with Crippen LogP contribution in [0.5, 0.6) is 0 Å². The lowest BCUT2D eigenvalue weighted by atomic mass is 9.97. The van der Waals surface area contributed by atoms with Crippen molar-refractivity contribution in [1.82, 2.24) is 9.88 Å². The van der Waals surface area contributed by atoms with Crippen LogP contribution >= 0.6 is 0 Å². The molecule has 0 aromatic carbocycles. The van der Waals surface area contributed by atoms with Crippen molar-refractivity contribution in [2.75, 3.05) is 6.54 Å². The molecule has 1 saturated heterocycles. The molecule has 2 N–H and O–H groups in total. The summed E-state index contributed by atoms with van der Waals surface area (Å²) >= 11 is 0. The Hall–Kier alpha value is -1.29. The number of aromatic amines is 1. The van der Waals surface area contributed by atoms with Crippen LogP contribution in [-0.2, 0) is 4.79 Å². The van der Waals surface area contributed by atoms with E-state index in [0.29, 0.717) is 6.04 Å². The summed E-state index contributed by atoms with van der Waals surface area (Å²) in [5.74, 6) is -0.757. The molecule has 1 aliphatic heterocycles. The van der Waals surface area contributed by atoms with Gasteiger partial charge in [-0.2, -0.15) is 0 Å². The minimum Gasteiger partial charge on any atom is -0.480 e. The van der Waals surface area contributed by atoms with Crippen LogP contribution in [0.2, 0.25) is 0 Å². The fourth-order valence-electron chi connectivity index (χ4n) is 2.77. The van der Waals surface area contributed by atoms with Gasteiger partial charge >= 0.3 is 5.97 Å². The average Bonchev–Trinajstić information content (AvgIpc) is 2.83. The summed E-state index contributed by atoms with van der Waals surface area (Å²) in [5.41, 5.74) is 0.790. The van der Waals surface area contributed by atoms with Gasteiger partial charge < -0.3 is 10.1 Å². The Morgan fingerprint density at radius 1 is 1.65 bits per heavy atom. The maximum absolute atomic E-state index is 11.5. The third-order valence-corrected chi connectivity index (χ3v) is 3.63. The summed E-state index contributed by atoms with van der Waals surface area (Å²) in [6, 6.07) is 3.60. The predicted molar refractivity (Wildman–Crippen MR) is 65.8 cm³/mol. The molecule has 1 aliphatic rings. The molecular formula is C13H20N2O2. The second kappa shape index (κ2) is 5.36. The highest BCUT2D eigenvalue weighted by molar-refractivity contribution is 5.75. The van der Waals surface area contributed by atoms with Gasteiger partial charge in [0.1, 0.15) is 6.04 Å². The SMILES string of the molecule is CCC1CCCCN1C(C(=O)O)c1ccc[nH]1. The largest absolute Gasteiger partial charge is 0.480 e. The minimum absolute atomic E-state index is 0.396. The summed E-state index contributed by atoms with van der Waals surface area (Å²) in [4.78, 5) is 16.7. The van der Waals surface area contributed by atoms with Crippen molar-refractivity contribution in [2.45, 2.75) is 44.7 Å². The van der Waals surface area contributed by atoms with Crippen molar-refractivity contribution in [3.8, 4) is 0 Å². The van der Waals surface area contributed by atoms with Crippen molar-refractivity contribution >= 4 is 5.97 Å². The first-order chi connectivity index (χ1) is 8.24. The van der Waals surface area contributed by atoms with Crippen molar-refractivity contribution in [3.63, 3.8) is 0 Å². The van der Waals surface area contributed by atoms with E-state index in [4.69, 9.17) is 0 Å². The van der Waals surface area contributed by atoms with Crippen LogP contribution in [0.1, 0.15) is 44.3 Å². The van der Waals surface area contributed by atoms with Crippen molar-refractivity contribution in [1.29, 1.82) is 0 Å². The lowest BCUT2D eigenvalue weighted by Crippen LogP contribution is -2.44. The van der Waals surface area contributed by atoms with Gasteiger partial charge in [0.2, 0.25) is 0 Å². The summed E-state index contributed by atoms with van der Waals surface area (Å²) in [6.07, 6.45) is 6.23.